The van der Waals surface area contributed by atoms with E-state index < -0.39 is 4.92 Å². The van der Waals surface area contributed by atoms with Gasteiger partial charge >= 0.3 is 5.69 Å². The summed E-state index contributed by atoms with van der Waals surface area (Å²) in [5, 5.41) is 15.1. The molecule has 0 saturated carbocycles. The summed E-state index contributed by atoms with van der Waals surface area (Å²) in [5.74, 6) is 0.300. The molecule has 28 heavy (non-hydrogen) atoms. The van der Waals surface area contributed by atoms with Gasteiger partial charge in [0.25, 0.3) is 0 Å². The number of rotatable bonds is 5. The van der Waals surface area contributed by atoms with Crippen LogP contribution in [0.2, 0.25) is 0 Å². The van der Waals surface area contributed by atoms with Gasteiger partial charge in [-0.1, -0.05) is 78.9 Å². The highest BCUT2D eigenvalue weighted by molar-refractivity contribution is 5.82. The highest BCUT2D eigenvalue weighted by Crippen LogP contribution is 2.37. The fourth-order valence-electron chi connectivity index (χ4n) is 2.93. The minimum absolute atomic E-state index is 0.115. The minimum Gasteiger partial charge on any atom is -0.324 e. The quantitative estimate of drug-likeness (QED) is 0.373. The van der Waals surface area contributed by atoms with Gasteiger partial charge in [0, 0.05) is 16.8 Å². The van der Waals surface area contributed by atoms with Crippen molar-refractivity contribution < 1.29 is 4.92 Å². The molecular weight excluding hydrogens is 352 g/mol. The summed E-state index contributed by atoms with van der Waals surface area (Å²) in [4.78, 5) is 20.5. The maximum atomic E-state index is 12.0. The maximum Gasteiger partial charge on any atom is 0.321 e. The first-order valence-electron chi connectivity index (χ1n) is 8.72. The van der Waals surface area contributed by atoms with E-state index in [1.165, 1.54) is 0 Å². The van der Waals surface area contributed by atoms with Crippen LogP contribution in [0.15, 0.2) is 91.0 Å². The molecule has 0 saturated heterocycles. The van der Waals surface area contributed by atoms with Crippen LogP contribution in [-0.2, 0) is 0 Å². The Kier molecular flexibility index (Phi) is 4.76. The minimum atomic E-state index is -0.420. The van der Waals surface area contributed by atoms with E-state index in [0.717, 1.165) is 5.69 Å². The van der Waals surface area contributed by atoms with Crippen molar-refractivity contribution in [1.82, 2.24) is 9.97 Å². The highest BCUT2D eigenvalue weighted by atomic mass is 16.6. The lowest BCUT2D eigenvalue weighted by atomic mass is 10.0. The van der Waals surface area contributed by atoms with Gasteiger partial charge in [0.1, 0.15) is 0 Å². The van der Waals surface area contributed by atoms with E-state index in [2.05, 4.69) is 15.3 Å². The van der Waals surface area contributed by atoms with Gasteiger partial charge in [0.15, 0.2) is 11.4 Å². The predicted molar refractivity (Wildman–Crippen MR) is 109 cm³/mol. The molecule has 136 valence electrons. The van der Waals surface area contributed by atoms with Gasteiger partial charge < -0.3 is 5.32 Å². The Labute approximate surface area is 161 Å². The largest absolute Gasteiger partial charge is 0.324 e. The summed E-state index contributed by atoms with van der Waals surface area (Å²) in [5.41, 5.74) is 2.55. The SMILES string of the molecule is O=[N+]([O-])c1c(-c2ccccc2)nc(Nc2ccccc2)nc1-c1ccccc1. The number of hydrogen-bond acceptors (Lipinski definition) is 5. The lowest BCUT2D eigenvalue weighted by Gasteiger charge is -2.11. The number of nitrogens with one attached hydrogen (secondary N) is 1. The van der Waals surface area contributed by atoms with Crippen LogP contribution in [0.1, 0.15) is 0 Å². The van der Waals surface area contributed by atoms with Crippen LogP contribution in [0.3, 0.4) is 0 Å². The van der Waals surface area contributed by atoms with Crippen LogP contribution in [0.4, 0.5) is 17.3 Å². The number of benzene rings is 3. The fourth-order valence-corrected chi connectivity index (χ4v) is 2.93. The monoisotopic (exact) mass is 368 g/mol. The Morgan fingerprint density at radius 3 is 1.54 bits per heavy atom. The van der Waals surface area contributed by atoms with Gasteiger partial charge in [-0.2, -0.15) is 0 Å². The van der Waals surface area contributed by atoms with Crippen molar-refractivity contribution in [2.24, 2.45) is 0 Å². The number of para-hydroxylation sites is 1. The number of hydrogen-bond donors (Lipinski definition) is 1. The molecule has 0 atom stereocenters. The van der Waals surface area contributed by atoms with Crippen molar-refractivity contribution in [3.05, 3.63) is 101 Å². The van der Waals surface area contributed by atoms with Crippen LogP contribution >= 0.6 is 0 Å². The number of aromatic nitrogens is 2. The number of anilines is 2. The molecule has 0 spiro atoms. The molecule has 0 radical (unpaired) electrons. The molecule has 6 nitrogen and oxygen atoms in total. The molecular formula is C22H16N4O2. The Hall–Kier alpha value is -4.06. The predicted octanol–water partition coefficient (Wildman–Crippen LogP) is 5.46. The average molecular weight is 368 g/mol. The first-order valence-corrected chi connectivity index (χ1v) is 8.72. The van der Waals surface area contributed by atoms with Gasteiger partial charge in [0.2, 0.25) is 5.95 Å². The van der Waals surface area contributed by atoms with Gasteiger partial charge in [-0.15, -0.1) is 0 Å². The fraction of sp³-hybridized carbons (Fsp3) is 0. The van der Waals surface area contributed by atoms with E-state index in [0.29, 0.717) is 17.1 Å². The lowest BCUT2D eigenvalue weighted by molar-refractivity contribution is -0.383. The van der Waals surface area contributed by atoms with Crippen LogP contribution in [0.25, 0.3) is 22.5 Å². The summed E-state index contributed by atoms with van der Waals surface area (Å²) in [6.07, 6.45) is 0. The van der Waals surface area contributed by atoms with Crippen molar-refractivity contribution in [3.8, 4) is 22.5 Å². The molecule has 6 heteroatoms. The zero-order chi connectivity index (χ0) is 19.3. The normalized spacial score (nSPS) is 10.4. The van der Waals surface area contributed by atoms with Gasteiger partial charge in [-0.05, 0) is 12.1 Å². The van der Waals surface area contributed by atoms with E-state index in [9.17, 15) is 10.1 Å². The molecule has 0 aliphatic carbocycles. The molecule has 0 aliphatic heterocycles. The third-order valence-electron chi connectivity index (χ3n) is 4.19. The molecule has 4 rings (SSSR count). The van der Waals surface area contributed by atoms with Crippen molar-refractivity contribution in [2.45, 2.75) is 0 Å². The number of nitrogens with zero attached hydrogens (tertiary/aromatic N) is 3. The number of nitro groups is 1. The smallest absolute Gasteiger partial charge is 0.321 e. The molecule has 0 fully saturated rings. The van der Waals surface area contributed by atoms with Gasteiger partial charge in [-0.3, -0.25) is 10.1 Å². The maximum absolute atomic E-state index is 12.0. The first-order chi connectivity index (χ1) is 13.7. The Morgan fingerprint density at radius 1 is 0.679 bits per heavy atom. The van der Waals surface area contributed by atoms with Crippen molar-refractivity contribution in [3.63, 3.8) is 0 Å². The second kappa shape index (κ2) is 7.67. The zero-order valence-corrected chi connectivity index (χ0v) is 14.8. The third kappa shape index (κ3) is 3.57. The molecule has 1 aromatic heterocycles. The van der Waals surface area contributed by atoms with Gasteiger partial charge in [0.05, 0.1) is 4.92 Å². The van der Waals surface area contributed by atoms with Crippen LogP contribution in [-0.4, -0.2) is 14.9 Å². The Bertz CT molecular complexity index is 1040. The summed E-state index contributed by atoms with van der Waals surface area (Å²) in [6, 6.07) is 27.7. The molecule has 4 aromatic rings. The second-order valence-electron chi connectivity index (χ2n) is 6.07. The Morgan fingerprint density at radius 2 is 1.11 bits per heavy atom. The van der Waals surface area contributed by atoms with Crippen molar-refractivity contribution in [2.75, 3.05) is 5.32 Å². The van der Waals surface area contributed by atoms with Gasteiger partial charge in [-0.25, -0.2) is 9.97 Å². The van der Waals surface area contributed by atoms with Crippen LogP contribution in [0.5, 0.6) is 0 Å². The van der Waals surface area contributed by atoms with Crippen molar-refractivity contribution in [1.29, 1.82) is 0 Å². The standard InChI is InChI=1S/C22H16N4O2/c27-26(28)21-19(16-10-4-1-5-11-16)24-22(23-18-14-8-3-9-15-18)25-20(21)17-12-6-2-7-13-17/h1-15H,(H,23,24,25). The summed E-state index contributed by atoms with van der Waals surface area (Å²) in [7, 11) is 0. The van der Waals surface area contributed by atoms with Crippen molar-refractivity contribution >= 4 is 17.3 Å². The molecule has 3 aromatic carbocycles. The zero-order valence-electron chi connectivity index (χ0n) is 14.8. The van der Waals surface area contributed by atoms with Crippen LogP contribution in [0, 0.1) is 10.1 Å². The molecule has 0 bridgehead atoms. The summed E-state index contributed by atoms with van der Waals surface area (Å²) in [6.45, 7) is 0. The van der Waals surface area contributed by atoms with E-state index >= 15 is 0 Å². The topological polar surface area (TPSA) is 81.0 Å². The third-order valence-corrected chi connectivity index (χ3v) is 4.19. The molecule has 1 heterocycles. The van der Waals surface area contributed by atoms with E-state index in [1.807, 2.05) is 66.7 Å². The molecule has 0 unspecified atom stereocenters. The molecule has 1 N–H and O–H groups in total. The summed E-state index contributed by atoms with van der Waals surface area (Å²) >= 11 is 0. The van der Waals surface area contributed by atoms with E-state index in [4.69, 9.17) is 0 Å². The average Bonchev–Trinajstić information content (AvgIpc) is 2.75. The Balaban J connectivity index is 1.95. The second-order valence-corrected chi connectivity index (χ2v) is 6.07. The van der Waals surface area contributed by atoms with E-state index in [1.54, 1.807) is 24.3 Å². The summed E-state index contributed by atoms with van der Waals surface area (Å²) < 4.78 is 0. The van der Waals surface area contributed by atoms with E-state index in [-0.39, 0.29) is 17.1 Å². The molecule has 0 amide bonds. The lowest BCUT2D eigenvalue weighted by Crippen LogP contribution is -2.05. The molecule has 0 aliphatic rings. The first kappa shape index (κ1) is 17.4. The highest BCUT2D eigenvalue weighted by Gasteiger charge is 2.26. The van der Waals surface area contributed by atoms with Crippen LogP contribution < -0.4 is 5.32 Å².